The molecular weight excluding hydrogens is 398 g/mol. The van der Waals surface area contributed by atoms with E-state index in [1.165, 1.54) is 6.07 Å². The Balaban J connectivity index is 1.37. The lowest BCUT2D eigenvalue weighted by molar-refractivity contribution is 0.0375. The van der Waals surface area contributed by atoms with Crippen LogP contribution in [-0.4, -0.2) is 71.6 Å². The number of morpholine rings is 1. The zero-order valence-corrected chi connectivity index (χ0v) is 17.1. The minimum atomic E-state index is -0.991. The number of nitrogens with one attached hydrogen (secondary N) is 3. The quantitative estimate of drug-likeness (QED) is 0.434. The number of aromatic nitrogens is 2. The summed E-state index contributed by atoms with van der Waals surface area (Å²) >= 11 is 0. The van der Waals surface area contributed by atoms with Crippen LogP contribution < -0.4 is 10.6 Å². The van der Waals surface area contributed by atoms with E-state index in [1.807, 2.05) is 18.2 Å². The van der Waals surface area contributed by atoms with Crippen molar-refractivity contribution in [2.24, 2.45) is 0 Å². The van der Waals surface area contributed by atoms with Crippen molar-refractivity contribution in [2.45, 2.75) is 6.42 Å². The molecule has 0 bridgehead atoms. The van der Waals surface area contributed by atoms with E-state index in [1.54, 1.807) is 18.2 Å². The van der Waals surface area contributed by atoms with Gasteiger partial charge < -0.3 is 20.5 Å². The molecule has 1 fully saturated rings. The minimum absolute atomic E-state index is 0.195. The number of carboxylic acids is 1. The van der Waals surface area contributed by atoms with Gasteiger partial charge in [0.05, 0.1) is 30.0 Å². The van der Waals surface area contributed by atoms with Gasteiger partial charge in [-0.05, 0) is 43.3 Å². The van der Waals surface area contributed by atoms with E-state index in [-0.39, 0.29) is 11.6 Å². The summed E-state index contributed by atoms with van der Waals surface area (Å²) in [6, 6.07) is 11.9. The largest absolute Gasteiger partial charge is 0.478 e. The van der Waals surface area contributed by atoms with Crippen molar-refractivity contribution in [3.8, 4) is 11.3 Å². The number of aromatic carboxylic acids is 1. The Morgan fingerprint density at radius 2 is 2.00 bits per heavy atom. The normalized spacial score (nSPS) is 14.5. The number of carbonyl (C=O) groups is 2. The van der Waals surface area contributed by atoms with E-state index in [0.717, 1.165) is 50.3 Å². The summed E-state index contributed by atoms with van der Waals surface area (Å²) in [6.07, 6.45) is 0.874. The summed E-state index contributed by atoms with van der Waals surface area (Å²) in [6.45, 7) is 4.94. The molecule has 1 aromatic heterocycles. The number of aromatic amines is 1. The Hall–Kier alpha value is -3.43. The van der Waals surface area contributed by atoms with Crippen molar-refractivity contribution in [3.05, 3.63) is 48.0 Å². The van der Waals surface area contributed by atoms with Gasteiger partial charge in [0.2, 0.25) is 0 Å². The number of carbonyl (C=O) groups excluding carboxylic acids is 1. The van der Waals surface area contributed by atoms with Gasteiger partial charge in [-0.3, -0.25) is 10.00 Å². The lowest BCUT2D eigenvalue weighted by Gasteiger charge is -2.26. The van der Waals surface area contributed by atoms with Crippen LogP contribution in [0.5, 0.6) is 0 Å². The van der Waals surface area contributed by atoms with Gasteiger partial charge in [0, 0.05) is 36.3 Å². The molecule has 9 nitrogen and oxygen atoms in total. The number of benzene rings is 2. The van der Waals surface area contributed by atoms with Crippen LogP contribution in [0.1, 0.15) is 16.8 Å². The third-order valence-electron chi connectivity index (χ3n) is 5.24. The highest BCUT2D eigenvalue weighted by Gasteiger charge is 2.13. The summed E-state index contributed by atoms with van der Waals surface area (Å²) in [7, 11) is 0. The summed E-state index contributed by atoms with van der Waals surface area (Å²) in [5.41, 5.74) is 2.98. The van der Waals surface area contributed by atoms with Crippen LogP contribution in [0, 0.1) is 0 Å². The number of ether oxygens (including phenoxy) is 1. The molecule has 4 rings (SSSR count). The molecule has 0 atom stereocenters. The van der Waals surface area contributed by atoms with Gasteiger partial charge in [-0.25, -0.2) is 9.59 Å². The van der Waals surface area contributed by atoms with Gasteiger partial charge in [-0.1, -0.05) is 12.1 Å². The Bertz CT molecular complexity index is 1070. The maximum atomic E-state index is 12.3. The van der Waals surface area contributed by atoms with Gasteiger partial charge in [0.1, 0.15) is 0 Å². The second-order valence-electron chi connectivity index (χ2n) is 7.41. The Morgan fingerprint density at radius 1 is 1.16 bits per heavy atom. The highest BCUT2D eigenvalue weighted by atomic mass is 16.5. The maximum Gasteiger partial charge on any atom is 0.335 e. The van der Waals surface area contributed by atoms with E-state index in [2.05, 4.69) is 25.7 Å². The predicted molar refractivity (Wildman–Crippen MR) is 117 cm³/mol. The minimum Gasteiger partial charge on any atom is -0.478 e. The van der Waals surface area contributed by atoms with Gasteiger partial charge in [0.25, 0.3) is 0 Å². The molecule has 2 amide bonds. The summed E-state index contributed by atoms with van der Waals surface area (Å²) in [5.74, 6) is -0.991. The molecule has 0 radical (unpaired) electrons. The van der Waals surface area contributed by atoms with E-state index in [4.69, 9.17) is 4.74 Å². The van der Waals surface area contributed by atoms with Crippen molar-refractivity contribution >= 4 is 28.6 Å². The molecule has 9 heteroatoms. The average molecular weight is 423 g/mol. The van der Waals surface area contributed by atoms with E-state index in [9.17, 15) is 14.7 Å². The van der Waals surface area contributed by atoms with E-state index < -0.39 is 5.97 Å². The molecule has 4 N–H and O–H groups in total. The summed E-state index contributed by atoms with van der Waals surface area (Å²) < 4.78 is 5.33. The molecule has 0 saturated carbocycles. The number of carboxylic acid groups (broad SMARTS) is 1. The Labute approximate surface area is 179 Å². The van der Waals surface area contributed by atoms with Crippen molar-refractivity contribution in [3.63, 3.8) is 0 Å². The fourth-order valence-electron chi connectivity index (χ4n) is 3.62. The van der Waals surface area contributed by atoms with Gasteiger partial charge in [-0.2, -0.15) is 5.10 Å². The molecule has 0 aliphatic carbocycles. The Morgan fingerprint density at radius 3 is 2.81 bits per heavy atom. The van der Waals surface area contributed by atoms with Crippen LogP contribution in [0.2, 0.25) is 0 Å². The predicted octanol–water partition coefficient (Wildman–Crippen LogP) is 2.77. The van der Waals surface area contributed by atoms with Gasteiger partial charge >= 0.3 is 12.0 Å². The second kappa shape index (κ2) is 9.59. The second-order valence-corrected chi connectivity index (χ2v) is 7.41. The number of H-pyrrole nitrogens is 1. The molecule has 1 saturated heterocycles. The lowest BCUT2D eigenvalue weighted by atomic mass is 10.1. The van der Waals surface area contributed by atoms with Crippen LogP contribution in [-0.2, 0) is 4.74 Å². The monoisotopic (exact) mass is 423 g/mol. The SMILES string of the molecule is O=C(NCCCN1CCOCC1)Nc1cccc(-c2n[nH]c3ccc(C(=O)O)cc23)c1. The van der Waals surface area contributed by atoms with Gasteiger partial charge in [-0.15, -0.1) is 0 Å². The molecule has 0 unspecified atom stereocenters. The topological polar surface area (TPSA) is 120 Å². The standard InChI is InChI=1S/C22H25N5O4/c28-21(29)16-5-6-19-18(14-16)20(26-25-19)15-3-1-4-17(13-15)24-22(30)23-7-2-8-27-9-11-31-12-10-27/h1,3-6,13-14H,2,7-12H2,(H,25,26)(H,28,29)(H2,23,24,30). The molecule has 31 heavy (non-hydrogen) atoms. The van der Waals surface area contributed by atoms with Crippen molar-refractivity contribution in [1.29, 1.82) is 0 Å². The van der Waals surface area contributed by atoms with Crippen LogP contribution in [0.25, 0.3) is 22.2 Å². The zero-order chi connectivity index (χ0) is 21.6. The van der Waals surface area contributed by atoms with E-state index in [0.29, 0.717) is 23.3 Å². The molecule has 0 spiro atoms. The molecule has 1 aliphatic heterocycles. The highest BCUT2D eigenvalue weighted by molar-refractivity contribution is 5.99. The number of amides is 2. The maximum absolute atomic E-state index is 12.3. The first kappa shape index (κ1) is 20.8. The molecule has 3 aromatic rings. The number of fused-ring (bicyclic) bond motifs is 1. The average Bonchev–Trinajstić information content (AvgIpc) is 3.21. The molecule has 1 aliphatic rings. The van der Waals surface area contributed by atoms with Crippen molar-refractivity contribution in [1.82, 2.24) is 20.4 Å². The highest BCUT2D eigenvalue weighted by Crippen LogP contribution is 2.28. The third-order valence-corrected chi connectivity index (χ3v) is 5.24. The van der Waals surface area contributed by atoms with Crippen molar-refractivity contribution in [2.75, 3.05) is 44.7 Å². The number of rotatable bonds is 7. The molecule has 2 aromatic carbocycles. The fourth-order valence-corrected chi connectivity index (χ4v) is 3.62. The van der Waals surface area contributed by atoms with Crippen LogP contribution >= 0.6 is 0 Å². The third kappa shape index (κ3) is 5.19. The fraction of sp³-hybridized carbons (Fsp3) is 0.318. The van der Waals surface area contributed by atoms with Crippen molar-refractivity contribution < 1.29 is 19.4 Å². The summed E-state index contributed by atoms with van der Waals surface area (Å²) in [4.78, 5) is 25.9. The van der Waals surface area contributed by atoms with Crippen LogP contribution in [0.4, 0.5) is 10.5 Å². The number of hydrogen-bond donors (Lipinski definition) is 4. The van der Waals surface area contributed by atoms with Crippen LogP contribution in [0.3, 0.4) is 0 Å². The first-order valence-corrected chi connectivity index (χ1v) is 10.3. The van der Waals surface area contributed by atoms with E-state index >= 15 is 0 Å². The Kier molecular flexibility index (Phi) is 6.44. The molecule has 2 heterocycles. The molecular formula is C22H25N5O4. The number of anilines is 1. The number of nitrogens with zero attached hydrogens (tertiary/aromatic N) is 2. The smallest absolute Gasteiger partial charge is 0.335 e. The van der Waals surface area contributed by atoms with Gasteiger partial charge in [0.15, 0.2) is 0 Å². The summed E-state index contributed by atoms with van der Waals surface area (Å²) in [5, 5.41) is 22.9. The molecule has 162 valence electrons. The number of hydrogen-bond acceptors (Lipinski definition) is 5. The van der Waals surface area contributed by atoms with Crippen LogP contribution in [0.15, 0.2) is 42.5 Å². The zero-order valence-electron chi connectivity index (χ0n) is 17.1. The first-order valence-electron chi connectivity index (χ1n) is 10.3. The number of urea groups is 1. The first-order chi connectivity index (χ1) is 15.1. The lowest BCUT2D eigenvalue weighted by Crippen LogP contribution is -2.38.